The number of likely N-dealkylation sites (tertiary alicyclic amines) is 1. The lowest BCUT2D eigenvalue weighted by Gasteiger charge is -2.19. The van der Waals surface area contributed by atoms with Crippen molar-refractivity contribution in [1.29, 1.82) is 0 Å². The lowest BCUT2D eigenvalue weighted by Crippen LogP contribution is -2.32. The number of rotatable bonds is 13. The van der Waals surface area contributed by atoms with Crippen LogP contribution >= 0.6 is 0 Å². The van der Waals surface area contributed by atoms with Gasteiger partial charge in [-0.25, -0.2) is 13.1 Å². The zero-order valence-electron chi connectivity index (χ0n) is 24.5. The van der Waals surface area contributed by atoms with Gasteiger partial charge in [-0.2, -0.15) is 5.10 Å². The molecule has 1 saturated heterocycles. The van der Waals surface area contributed by atoms with Crippen LogP contribution in [0.3, 0.4) is 0 Å². The molecule has 1 unspecified atom stereocenters. The zero-order chi connectivity index (χ0) is 29.7. The monoisotopic (exact) mass is 537 g/mol. The molecule has 11 nitrogen and oxygen atoms in total. The van der Waals surface area contributed by atoms with Crippen molar-refractivity contribution in [3.05, 3.63) is 35.2 Å². The molecule has 3 rings (SSSR count). The summed E-state index contributed by atoms with van der Waals surface area (Å²) in [5, 5.41) is 6.60. The fourth-order valence-electron chi connectivity index (χ4n) is 4.39. The molecule has 0 spiro atoms. The molecule has 0 aliphatic carbocycles. The van der Waals surface area contributed by atoms with Crippen molar-refractivity contribution in [2.45, 2.75) is 63.3 Å². The van der Waals surface area contributed by atoms with Gasteiger partial charge in [0.25, 0.3) is 11.8 Å². The summed E-state index contributed by atoms with van der Waals surface area (Å²) in [6, 6.07) is 4.26. The van der Waals surface area contributed by atoms with E-state index in [9.17, 15) is 18.0 Å². The summed E-state index contributed by atoms with van der Waals surface area (Å²) in [4.78, 5) is 27.9. The summed E-state index contributed by atoms with van der Waals surface area (Å²) in [7, 11) is -1.94. The second kappa shape index (κ2) is 12.5. The Bertz CT molecular complexity index is 1330. The molecule has 37 heavy (non-hydrogen) atoms. The van der Waals surface area contributed by atoms with E-state index in [1.807, 2.05) is 20.9 Å². The Morgan fingerprint density at radius 2 is 2.08 bits per heavy atom. The highest BCUT2D eigenvalue weighted by Gasteiger charge is 2.26. The Morgan fingerprint density at radius 3 is 2.70 bits per heavy atom. The highest BCUT2D eigenvalue weighted by atomic mass is 32.2. The summed E-state index contributed by atoms with van der Waals surface area (Å²) in [5.41, 5.74) is 4.95. The second-order valence-corrected chi connectivity index (χ2v) is 10.9. The minimum Gasteiger partial charge on any atom is -0.493 e. The maximum absolute atomic E-state index is 13.5. The van der Waals surface area contributed by atoms with Crippen LogP contribution in [-0.2, 0) is 23.4 Å². The number of carbonyl (C=O) groups excluding carboxylic acids is 2. The van der Waals surface area contributed by atoms with Gasteiger partial charge < -0.3 is 20.7 Å². The fourth-order valence-corrected chi connectivity index (χ4v) is 5.47. The van der Waals surface area contributed by atoms with Crippen LogP contribution in [0.2, 0.25) is 0 Å². The largest absolute Gasteiger partial charge is 0.493 e. The molecular formula is C25H38N6O5S. The highest BCUT2D eigenvalue weighted by molar-refractivity contribution is 7.89. The first-order chi connectivity index (χ1) is 18.8. The van der Waals surface area contributed by atoms with Crippen LogP contribution in [0.15, 0.2) is 23.1 Å². The van der Waals surface area contributed by atoms with Crippen molar-refractivity contribution in [2.24, 2.45) is 12.7 Å². The number of anilines is 1. The molecule has 1 aliphatic heterocycles. The van der Waals surface area contributed by atoms with E-state index in [2.05, 4.69) is 20.0 Å². The van der Waals surface area contributed by atoms with Gasteiger partial charge in [-0.15, -0.1) is 0 Å². The van der Waals surface area contributed by atoms with E-state index < -0.39 is 34.5 Å². The molecule has 1 aromatic carbocycles. The first-order valence-corrected chi connectivity index (χ1v) is 14.0. The van der Waals surface area contributed by atoms with Crippen molar-refractivity contribution >= 4 is 27.5 Å². The van der Waals surface area contributed by atoms with Crippen LogP contribution in [0.25, 0.3) is 0 Å². The van der Waals surface area contributed by atoms with Crippen molar-refractivity contribution < 1.29 is 26.9 Å². The molecule has 1 fully saturated rings. The van der Waals surface area contributed by atoms with E-state index in [1.54, 1.807) is 0 Å². The number of carbonyl (C=O) groups is 2. The summed E-state index contributed by atoms with van der Waals surface area (Å²) in [6.45, 7) is 2.38. The van der Waals surface area contributed by atoms with E-state index in [-0.39, 0.29) is 47.2 Å². The number of nitrogens with one attached hydrogen (secondary N) is 2. The molecule has 4 N–H and O–H groups in total. The topological polar surface area (TPSA) is 149 Å². The number of amides is 2. The van der Waals surface area contributed by atoms with Gasteiger partial charge in [-0.05, 0) is 63.9 Å². The summed E-state index contributed by atoms with van der Waals surface area (Å²) >= 11 is 0. The molecule has 204 valence electrons. The molecular weight excluding hydrogens is 496 g/mol. The third kappa shape index (κ3) is 6.88. The van der Waals surface area contributed by atoms with Crippen molar-refractivity contribution in [3.63, 3.8) is 0 Å². The second-order valence-electron chi connectivity index (χ2n) is 9.12. The molecule has 0 bridgehead atoms. The van der Waals surface area contributed by atoms with Crippen LogP contribution in [-0.4, -0.2) is 67.7 Å². The summed E-state index contributed by atoms with van der Waals surface area (Å²) in [5.74, 6) is -1.76. The van der Waals surface area contributed by atoms with Gasteiger partial charge in [-0.3, -0.25) is 14.3 Å². The molecule has 2 amide bonds. The molecule has 2 heterocycles. The Kier molecular flexibility index (Phi) is 8.25. The van der Waals surface area contributed by atoms with Gasteiger partial charge in [0.2, 0.25) is 10.0 Å². The maximum atomic E-state index is 13.5. The van der Waals surface area contributed by atoms with Gasteiger partial charge >= 0.3 is 0 Å². The van der Waals surface area contributed by atoms with Gasteiger partial charge in [0.15, 0.2) is 0 Å². The maximum Gasteiger partial charge on any atom is 0.269 e. The first kappa shape index (κ1) is 24.4. The highest BCUT2D eigenvalue weighted by Crippen LogP contribution is 2.27. The molecule has 2 aromatic rings. The van der Waals surface area contributed by atoms with Crippen molar-refractivity contribution in [1.82, 2.24) is 19.4 Å². The molecule has 0 saturated carbocycles. The number of nitrogens with two attached hydrogens (primary N) is 1. The smallest absolute Gasteiger partial charge is 0.269 e. The number of aromatic nitrogens is 2. The van der Waals surface area contributed by atoms with Gasteiger partial charge in [0.05, 0.1) is 28.4 Å². The molecule has 1 aromatic heterocycles. The molecule has 0 radical (unpaired) electrons. The number of sulfonamides is 1. The van der Waals surface area contributed by atoms with E-state index in [4.69, 9.17) is 14.6 Å². The van der Waals surface area contributed by atoms with Crippen LogP contribution in [0, 0.1) is 0 Å². The number of hydrogen-bond acceptors (Lipinski definition) is 7. The van der Waals surface area contributed by atoms with Gasteiger partial charge in [0.1, 0.15) is 11.4 Å². The molecule has 1 aliphatic rings. The average molecular weight is 538 g/mol. The van der Waals surface area contributed by atoms with Crippen molar-refractivity contribution in [2.75, 3.05) is 32.1 Å². The minimum absolute atomic E-state index is 0.105. The Balaban J connectivity index is 1.95. The Labute approximate surface area is 223 Å². The minimum atomic E-state index is -3.96. The normalized spacial score (nSPS) is 17.7. The standard InChI is InChI=1S/C25H38N6O5S/c1-5-8-20-22(23(24(26)32)31(4)29-20)28-25(33)19-16-18(10-11-21(19)36-15-6-2)37(34,35)27-13-12-17-9-7-14-30(17)3/h10-11,16-17,27H,5-9,12-15H2,1-4H3,(H2,26,32)(H,28,33)/i4D3. The van der Waals surface area contributed by atoms with E-state index >= 15 is 0 Å². The quantitative estimate of drug-likeness (QED) is 0.355. The Hall–Kier alpha value is -2.96. The van der Waals surface area contributed by atoms with Crippen LogP contribution in [0.4, 0.5) is 5.69 Å². The van der Waals surface area contributed by atoms with Crippen LogP contribution < -0.4 is 20.5 Å². The third-order valence-corrected chi connectivity index (χ3v) is 7.78. The summed E-state index contributed by atoms with van der Waals surface area (Å²) in [6.07, 6.45) is 4.18. The van der Waals surface area contributed by atoms with Gasteiger partial charge in [-0.1, -0.05) is 20.3 Å². The number of ether oxygens (including phenoxy) is 1. The lowest BCUT2D eigenvalue weighted by molar-refractivity contribution is 0.0992. The SMILES string of the molecule is [2H]C([2H])([2H])n1nc(CCC)c(NC(=O)c2cc(S(=O)(=O)NCCC3CCCN3C)ccc2OCCC)c1C(N)=O. The predicted octanol–water partition coefficient (Wildman–Crippen LogP) is 2.28. The average Bonchev–Trinajstić information content (AvgIpc) is 3.46. The number of benzene rings is 1. The summed E-state index contributed by atoms with van der Waals surface area (Å²) < 4.78 is 58.3. The first-order valence-electron chi connectivity index (χ1n) is 14.0. The van der Waals surface area contributed by atoms with Gasteiger partial charge in [0, 0.05) is 23.7 Å². The Morgan fingerprint density at radius 1 is 1.30 bits per heavy atom. The molecule has 1 atom stereocenters. The number of hydrogen-bond donors (Lipinski definition) is 3. The van der Waals surface area contributed by atoms with E-state index in [0.717, 1.165) is 19.4 Å². The van der Waals surface area contributed by atoms with Crippen LogP contribution in [0.5, 0.6) is 5.75 Å². The lowest BCUT2D eigenvalue weighted by atomic mass is 10.1. The zero-order valence-corrected chi connectivity index (χ0v) is 22.4. The predicted molar refractivity (Wildman–Crippen MR) is 141 cm³/mol. The van der Waals surface area contributed by atoms with Crippen molar-refractivity contribution in [3.8, 4) is 5.75 Å². The van der Waals surface area contributed by atoms with E-state index in [0.29, 0.717) is 30.0 Å². The molecule has 12 heteroatoms. The number of primary amides is 1. The number of aryl methyl sites for hydroxylation is 2. The number of nitrogens with zero attached hydrogens (tertiary/aromatic N) is 3. The third-order valence-electron chi connectivity index (χ3n) is 6.33. The van der Waals surface area contributed by atoms with E-state index in [1.165, 1.54) is 18.2 Å². The van der Waals surface area contributed by atoms with Crippen LogP contribution in [0.1, 0.15) is 76.6 Å². The fraction of sp³-hybridized carbons (Fsp3) is 0.560.